The Morgan fingerprint density at radius 1 is 0.952 bits per heavy atom. The highest BCUT2D eigenvalue weighted by molar-refractivity contribution is 5.96. The van der Waals surface area contributed by atoms with Gasteiger partial charge in [-0.25, -0.2) is 0 Å². The molecule has 0 fully saturated rings. The average molecular weight is 295 g/mol. The molecule has 3 amide bonds. The van der Waals surface area contributed by atoms with Crippen LogP contribution in [0.25, 0.3) is 0 Å². The zero-order chi connectivity index (χ0) is 16.5. The van der Waals surface area contributed by atoms with Gasteiger partial charge < -0.3 is 21.1 Å². The summed E-state index contributed by atoms with van der Waals surface area (Å²) in [6.07, 6.45) is 0. The predicted molar refractivity (Wildman–Crippen MR) is 72.4 cm³/mol. The summed E-state index contributed by atoms with van der Waals surface area (Å²) in [6, 6.07) is 6.06. The van der Waals surface area contributed by atoms with E-state index >= 15 is 0 Å². The van der Waals surface area contributed by atoms with Gasteiger partial charge in [-0.1, -0.05) is 18.2 Å². The minimum atomic E-state index is -1.19. The highest BCUT2D eigenvalue weighted by atomic mass is 16.4. The summed E-state index contributed by atoms with van der Waals surface area (Å²) < 4.78 is 7.29. The van der Waals surface area contributed by atoms with Crippen molar-refractivity contribution in [3.05, 3.63) is 35.9 Å². The Bertz CT molecular complexity index is 574. The number of carbonyl (C=O) groups is 4. The van der Waals surface area contributed by atoms with Crippen molar-refractivity contribution >= 4 is 23.7 Å². The minimum absolute atomic E-state index is 0.265. The summed E-state index contributed by atoms with van der Waals surface area (Å²) in [5.74, 6) is -2.90. The number of carboxylic acids is 1. The van der Waals surface area contributed by atoms with Gasteiger partial charge in [0, 0.05) is 5.56 Å². The minimum Gasteiger partial charge on any atom is -0.480 e. The van der Waals surface area contributed by atoms with Gasteiger partial charge in [-0.05, 0) is 12.1 Å². The van der Waals surface area contributed by atoms with Gasteiger partial charge in [-0.3, -0.25) is 19.2 Å². The zero-order valence-corrected chi connectivity index (χ0v) is 11.0. The number of benzene rings is 1. The van der Waals surface area contributed by atoms with Crippen LogP contribution in [0.3, 0.4) is 0 Å². The average Bonchev–Trinajstić information content (AvgIpc) is 2.49. The topological polar surface area (TPSA) is 125 Å². The molecular formula is C13H15N3O5. The lowest BCUT2D eigenvalue weighted by Crippen LogP contribution is -2.42. The number of nitrogens with one attached hydrogen (secondary N) is 3. The van der Waals surface area contributed by atoms with Crippen molar-refractivity contribution in [1.29, 1.82) is 0 Å². The quantitative estimate of drug-likeness (QED) is 0.499. The predicted octanol–water partition coefficient (Wildman–Crippen LogP) is -1.27. The maximum Gasteiger partial charge on any atom is 0.322 e. The molecular weight excluding hydrogens is 278 g/mol. The molecule has 0 atom stereocenters. The molecule has 1 aromatic rings. The Hall–Kier alpha value is -2.90. The Balaban J connectivity index is 2.28. The van der Waals surface area contributed by atoms with Crippen molar-refractivity contribution < 1.29 is 25.7 Å². The van der Waals surface area contributed by atoms with Crippen LogP contribution in [0.1, 0.15) is 11.7 Å². The summed E-state index contributed by atoms with van der Waals surface area (Å²) in [5, 5.41) is 15.0. The molecule has 0 aliphatic carbocycles. The monoisotopic (exact) mass is 295 g/mol. The molecule has 0 heterocycles. The largest absolute Gasteiger partial charge is 0.480 e. The van der Waals surface area contributed by atoms with E-state index in [0.29, 0.717) is 5.56 Å². The maximum absolute atomic E-state index is 11.7. The van der Waals surface area contributed by atoms with E-state index in [1.807, 2.05) is 0 Å². The molecule has 8 heteroatoms. The smallest absolute Gasteiger partial charge is 0.322 e. The number of hydrogen-bond donors (Lipinski definition) is 4. The van der Waals surface area contributed by atoms with Crippen molar-refractivity contribution in [3.8, 4) is 0 Å². The summed E-state index contributed by atoms with van der Waals surface area (Å²) >= 11 is 0. The van der Waals surface area contributed by atoms with Crippen molar-refractivity contribution in [2.75, 3.05) is 19.6 Å². The fraction of sp³-hybridized carbons (Fsp3) is 0.231. The number of amides is 3. The second kappa shape index (κ2) is 8.31. The van der Waals surface area contributed by atoms with Crippen molar-refractivity contribution in [2.45, 2.75) is 0 Å². The third kappa shape index (κ3) is 6.71. The van der Waals surface area contributed by atoms with Gasteiger partial charge >= 0.3 is 5.97 Å². The lowest BCUT2D eigenvalue weighted by atomic mass is 10.2. The first-order valence-electron chi connectivity index (χ1n) is 6.48. The fourth-order valence-electron chi connectivity index (χ4n) is 1.28. The molecule has 0 unspecified atom stereocenters. The van der Waals surface area contributed by atoms with E-state index in [1.54, 1.807) is 0 Å². The first-order valence-corrected chi connectivity index (χ1v) is 5.98. The number of aliphatic carboxylic acids is 1. The Kier molecular flexibility index (Phi) is 5.74. The third-order valence-corrected chi connectivity index (χ3v) is 2.27. The summed E-state index contributed by atoms with van der Waals surface area (Å²) in [6.45, 7) is -1.24. The van der Waals surface area contributed by atoms with E-state index in [0.717, 1.165) is 0 Å². The SMILES string of the molecule is [3H]c1ccc(C(=O)NCC(=O)NCC(=O)NCC(=O)O)cc1. The Morgan fingerprint density at radius 2 is 1.48 bits per heavy atom. The second-order valence-electron chi connectivity index (χ2n) is 3.92. The normalized spacial score (nSPS) is 10.2. The maximum atomic E-state index is 11.7. The highest BCUT2D eigenvalue weighted by Gasteiger charge is 2.09. The molecule has 1 rings (SSSR count). The molecule has 0 saturated carbocycles. The Morgan fingerprint density at radius 3 is 2.05 bits per heavy atom. The number of hydrogen-bond acceptors (Lipinski definition) is 4. The second-order valence-corrected chi connectivity index (χ2v) is 3.92. The van der Waals surface area contributed by atoms with Crippen LogP contribution in [0.15, 0.2) is 30.3 Å². The van der Waals surface area contributed by atoms with Crippen LogP contribution in [0.4, 0.5) is 0 Å². The highest BCUT2D eigenvalue weighted by Crippen LogP contribution is 1.96. The standard InChI is InChI=1S/C13H15N3O5/c17-10(15-8-12(19)20)6-14-11(18)7-16-13(21)9-4-2-1-3-5-9/h1-5H,6-8H2,(H,14,18)(H,15,17)(H,16,21)(H,19,20)/i1T. The molecule has 0 aliphatic rings. The van der Waals surface area contributed by atoms with E-state index in [-0.39, 0.29) is 19.1 Å². The zero-order valence-electron chi connectivity index (χ0n) is 12.0. The lowest BCUT2D eigenvalue weighted by molar-refractivity contribution is -0.137. The van der Waals surface area contributed by atoms with E-state index in [4.69, 9.17) is 6.48 Å². The van der Waals surface area contributed by atoms with Gasteiger partial charge in [0.15, 0.2) is 0 Å². The van der Waals surface area contributed by atoms with Crippen LogP contribution >= 0.6 is 0 Å². The van der Waals surface area contributed by atoms with E-state index in [1.165, 1.54) is 24.3 Å². The van der Waals surface area contributed by atoms with Crippen LogP contribution < -0.4 is 16.0 Å². The number of carbonyl (C=O) groups excluding carboxylic acids is 3. The summed E-state index contributed by atoms with van der Waals surface area (Å²) in [7, 11) is 0. The van der Waals surface area contributed by atoms with Gasteiger partial charge in [0.25, 0.3) is 5.91 Å². The molecule has 0 saturated heterocycles. The molecule has 0 aromatic heterocycles. The molecule has 0 radical (unpaired) electrons. The molecule has 1 aromatic carbocycles. The van der Waals surface area contributed by atoms with E-state index in [2.05, 4.69) is 16.0 Å². The van der Waals surface area contributed by atoms with Crippen LogP contribution in [-0.4, -0.2) is 48.4 Å². The van der Waals surface area contributed by atoms with Crippen LogP contribution in [0.2, 0.25) is 0 Å². The molecule has 21 heavy (non-hydrogen) atoms. The van der Waals surface area contributed by atoms with Crippen molar-refractivity contribution in [3.63, 3.8) is 0 Å². The lowest BCUT2D eigenvalue weighted by Gasteiger charge is -2.07. The number of rotatable bonds is 7. The van der Waals surface area contributed by atoms with E-state index < -0.39 is 30.2 Å². The van der Waals surface area contributed by atoms with Crippen LogP contribution in [0, 0.1) is 0 Å². The van der Waals surface area contributed by atoms with Crippen LogP contribution in [0.5, 0.6) is 0 Å². The molecule has 0 bridgehead atoms. The third-order valence-electron chi connectivity index (χ3n) is 2.27. The van der Waals surface area contributed by atoms with Crippen molar-refractivity contribution in [2.24, 2.45) is 0 Å². The summed E-state index contributed by atoms with van der Waals surface area (Å²) in [5.41, 5.74) is 0.308. The van der Waals surface area contributed by atoms with Gasteiger partial charge in [0.2, 0.25) is 11.8 Å². The van der Waals surface area contributed by atoms with Crippen LogP contribution in [-0.2, 0) is 14.4 Å². The van der Waals surface area contributed by atoms with Crippen molar-refractivity contribution in [1.82, 2.24) is 16.0 Å². The molecule has 4 N–H and O–H groups in total. The van der Waals surface area contributed by atoms with Gasteiger partial charge in [0.1, 0.15) is 6.54 Å². The molecule has 0 spiro atoms. The Labute approximate surface area is 121 Å². The number of carboxylic acid groups (broad SMARTS) is 1. The molecule has 112 valence electrons. The van der Waals surface area contributed by atoms with Gasteiger partial charge in [-0.2, -0.15) is 0 Å². The molecule has 0 aliphatic heterocycles. The fourth-order valence-corrected chi connectivity index (χ4v) is 1.28. The first-order chi connectivity index (χ1) is 10.4. The van der Waals surface area contributed by atoms with E-state index in [9.17, 15) is 19.2 Å². The van der Waals surface area contributed by atoms with Gasteiger partial charge in [-0.15, -0.1) is 0 Å². The first kappa shape index (κ1) is 14.5. The molecule has 8 nitrogen and oxygen atoms in total. The summed E-state index contributed by atoms with van der Waals surface area (Å²) in [4.78, 5) is 44.5. The van der Waals surface area contributed by atoms with Gasteiger partial charge in [0.05, 0.1) is 14.5 Å².